The molecule has 0 aliphatic carbocycles. The van der Waals surface area contributed by atoms with Gasteiger partial charge in [0.2, 0.25) is 0 Å². The fourth-order valence-corrected chi connectivity index (χ4v) is 3.29. The van der Waals surface area contributed by atoms with Crippen LogP contribution in [-0.4, -0.2) is 72.7 Å². The highest BCUT2D eigenvalue weighted by Gasteiger charge is 2.34. The standard InChI is InChI=1S/C13H25N3O2/c1-14-12(13(17)18)6-8-16-7-5-10-3-4-11(9-16)15(10)2/h10-12,14H,3-9H2,1-2H3,(H,17,18). The van der Waals surface area contributed by atoms with Gasteiger partial charge < -0.3 is 15.3 Å². The summed E-state index contributed by atoms with van der Waals surface area (Å²) in [6.45, 7) is 3.10. The second kappa shape index (κ2) is 5.99. The van der Waals surface area contributed by atoms with E-state index < -0.39 is 12.0 Å². The summed E-state index contributed by atoms with van der Waals surface area (Å²) in [6.07, 6.45) is 4.55. The van der Waals surface area contributed by atoms with Crippen LogP contribution in [-0.2, 0) is 4.79 Å². The number of carboxylic acids is 1. The number of likely N-dealkylation sites (tertiary alicyclic amines) is 1. The minimum absolute atomic E-state index is 0.414. The van der Waals surface area contributed by atoms with Gasteiger partial charge in [-0.25, -0.2) is 0 Å². The largest absolute Gasteiger partial charge is 0.480 e. The lowest BCUT2D eigenvalue weighted by atomic mass is 10.1. The lowest BCUT2D eigenvalue weighted by molar-refractivity contribution is -0.139. The molecule has 0 amide bonds. The maximum absolute atomic E-state index is 11.0. The van der Waals surface area contributed by atoms with Crippen molar-refractivity contribution in [1.82, 2.24) is 15.1 Å². The smallest absolute Gasteiger partial charge is 0.320 e. The number of aliphatic carboxylic acids is 1. The van der Waals surface area contributed by atoms with E-state index >= 15 is 0 Å². The maximum Gasteiger partial charge on any atom is 0.320 e. The lowest BCUT2D eigenvalue weighted by Crippen LogP contribution is -2.41. The van der Waals surface area contributed by atoms with Crippen molar-refractivity contribution in [3.63, 3.8) is 0 Å². The fraction of sp³-hybridized carbons (Fsp3) is 0.923. The van der Waals surface area contributed by atoms with Crippen molar-refractivity contribution in [1.29, 1.82) is 0 Å². The van der Waals surface area contributed by atoms with Crippen LogP contribution in [0.2, 0.25) is 0 Å². The first-order valence-electron chi connectivity index (χ1n) is 6.96. The fourth-order valence-electron chi connectivity index (χ4n) is 3.29. The molecule has 2 aliphatic rings. The molecular formula is C13H25N3O2. The molecule has 5 heteroatoms. The SMILES string of the molecule is CNC(CCN1CCC2CCC(C1)N2C)C(=O)O. The zero-order chi connectivity index (χ0) is 13.1. The van der Waals surface area contributed by atoms with E-state index in [0.29, 0.717) is 12.5 Å². The number of hydrogen-bond donors (Lipinski definition) is 2. The zero-order valence-corrected chi connectivity index (χ0v) is 11.4. The van der Waals surface area contributed by atoms with E-state index in [1.54, 1.807) is 7.05 Å². The second-order valence-corrected chi connectivity index (χ2v) is 5.61. The number of nitrogens with zero attached hydrogens (tertiary/aromatic N) is 2. The van der Waals surface area contributed by atoms with Gasteiger partial charge in [-0.05, 0) is 46.3 Å². The molecule has 2 fully saturated rings. The quantitative estimate of drug-likeness (QED) is 0.736. The summed E-state index contributed by atoms with van der Waals surface area (Å²) in [5.74, 6) is -0.744. The first-order valence-corrected chi connectivity index (χ1v) is 6.96. The third-order valence-corrected chi connectivity index (χ3v) is 4.61. The Labute approximate surface area is 109 Å². The van der Waals surface area contributed by atoms with Crippen molar-refractivity contribution in [2.75, 3.05) is 33.7 Å². The highest BCUT2D eigenvalue weighted by atomic mass is 16.4. The molecule has 0 saturated carbocycles. The predicted molar refractivity (Wildman–Crippen MR) is 70.7 cm³/mol. The molecule has 0 aromatic rings. The van der Waals surface area contributed by atoms with E-state index in [9.17, 15) is 4.79 Å². The molecule has 2 bridgehead atoms. The molecule has 104 valence electrons. The Morgan fingerprint density at radius 3 is 2.78 bits per heavy atom. The zero-order valence-electron chi connectivity index (χ0n) is 11.4. The van der Waals surface area contributed by atoms with Gasteiger partial charge in [-0.3, -0.25) is 9.69 Å². The minimum Gasteiger partial charge on any atom is -0.480 e. The van der Waals surface area contributed by atoms with Crippen LogP contribution in [0, 0.1) is 0 Å². The normalized spacial score (nSPS) is 31.2. The predicted octanol–water partition coefficient (Wildman–Crippen LogP) is 0.218. The molecule has 5 nitrogen and oxygen atoms in total. The van der Waals surface area contributed by atoms with Crippen LogP contribution in [0.15, 0.2) is 0 Å². The van der Waals surface area contributed by atoms with E-state index in [2.05, 4.69) is 22.2 Å². The van der Waals surface area contributed by atoms with E-state index in [-0.39, 0.29) is 0 Å². The summed E-state index contributed by atoms with van der Waals surface area (Å²) in [5, 5.41) is 11.9. The van der Waals surface area contributed by atoms with E-state index in [4.69, 9.17) is 5.11 Å². The van der Waals surface area contributed by atoms with Crippen LogP contribution in [0.1, 0.15) is 25.7 Å². The first kappa shape index (κ1) is 13.8. The average molecular weight is 255 g/mol. The van der Waals surface area contributed by atoms with Crippen LogP contribution in [0.3, 0.4) is 0 Å². The topological polar surface area (TPSA) is 55.8 Å². The Morgan fingerprint density at radius 2 is 2.11 bits per heavy atom. The van der Waals surface area contributed by atoms with Gasteiger partial charge in [-0.2, -0.15) is 0 Å². The van der Waals surface area contributed by atoms with E-state index in [0.717, 1.165) is 25.7 Å². The summed E-state index contributed by atoms with van der Waals surface area (Å²) < 4.78 is 0. The van der Waals surface area contributed by atoms with Gasteiger partial charge in [-0.1, -0.05) is 0 Å². The molecule has 0 aromatic heterocycles. The Kier molecular flexibility index (Phi) is 4.59. The van der Waals surface area contributed by atoms with Crippen molar-refractivity contribution >= 4 is 5.97 Å². The summed E-state index contributed by atoms with van der Waals surface area (Å²) in [4.78, 5) is 15.9. The highest BCUT2D eigenvalue weighted by molar-refractivity contribution is 5.73. The minimum atomic E-state index is -0.744. The number of nitrogens with one attached hydrogen (secondary N) is 1. The molecule has 0 spiro atoms. The van der Waals surface area contributed by atoms with Gasteiger partial charge in [0.15, 0.2) is 0 Å². The Balaban J connectivity index is 1.82. The van der Waals surface area contributed by atoms with E-state index in [1.165, 1.54) is 19.3 Å². The van der Waals surface area contributed by atoms with Gasteiger partial charge in [0.05, 0.1) is 0 Å². The van der Waals surface area contributed by atoms with Crippen molar-refractivity contribution in [2.45, 2.75) is 43.8 Å². The van der Waals surface area contributed by atoms with Gasteiger partial charge in [0, 0.05) is 25.2 Å². The highest BCUT2D eigenvalue weighted by Crippen LogP contribution is 2.28. The first-order chi connectivity index (χ1) is 8.61. The number of carboxylic acid groups (broad SMARTS) is 1. The molecule has 3 atom stereocenters. The number of likely N-dealkylation sites (N-methyl/N-ethyl adjacent to an activating group) is 2. The molecule has 0 radical (unpaired) electrons. The van der Waals surface area contributed by atoms with Crippen molar-refractivity contribution in [3.05, 3.63) is 0 Å². The summed E-state index contributed by atoms with van der Waals surface area (Å²) in [6, 6.07) is 1.01. The molecule has 2 saturated heterocycles. The Hall–Kier alpha value is -0.650. The monoisotopic (exact) mass is 255 g/mol. The molecule has 0 aromatic carbocycles. The number of rotatable bonds is 5. The molecule has 18 heavy (non-hydrogen) atoms. The summed E-state index contributed by atoms with van der Waals surface area (Å²) in [5.41, 5.74) is 0. The number of carbonyl (C=O) groups is 1. The van der Waals surface area contributed by atoms with E-state index in [1.807, 2.05) is 0 Å². The van der Waals surface area contributed by atoms with Gasteiger partial charge >= 0.3 is 5.97 Å². The van der Waals surface area contributed by atoms with Crippen molar-refractivity contribution < 1.29 is 9.90 Å². The van der Waals surface area contributed by atoms with Gasteiger partial charge in [0.25, 0.3) is 0 Å². The summed E-state index contributed by atoms with van der Waals surface area (Å²) in [7, 11) is 3.95. The Morgan fingerprint density at radius 1 is 1.39 bits per heavy atom. The van der Waals surface area contributed by atoms with Crippen LogP contribution in [0.4, 0.5) is 0 Å². The molecule has 2 aliphatic heterocycles. The average Bonchev–Trinajstić information content (AvgIpc) is 2.56. The third-order valence-electron chi connectivity index (χ3n) is 4.61. The van der Waals surface area contributed by atoms with Crippen LogP contribution in [0.25, 0.3) is 0 Å². The molecule has 2 N–H and O–H groups in total. The van der Waals surface area contributed by atoms with Crippen LogP contribution < -0.4 is 5.32 Å². The lowest BCUT2D eigenvalue weighted by Gasteiger charge is -2.26. The van der Waals surface area contributed by atoms with Crippen LogP contribution in [0.5, 0.6) is 0 Å². The number of hydrogen-bond acceptors (Lipinski definition) is 4. The maximum atomic E-state index is 11.0. The van der Waals surface area contributed by atoms with Crippen LogP contribution >= 0.6 is 0 Å². The van der Waals surface area contributed by atoms with Crippen molar-refractivity contribution in [3.8, 4) is 0 Å². The van der Waals surface area contributed by atoms with Gasteiger partial charge in [0.1, 0.15) is 6.04 Å². The molecular weight excluding hydrogens is 230 g/mol. The molecule has 2 heterocycles. The molecule has 3 unspecified atom stereocenters. The third kappa shape index (κ3) is 3.02. The summed E-state index contributed by atoms with van der Waals surface area (Å²) >= 11 is 0. The molecule has 2 rings (SSSR count). The number of fused-ring (bicyclic) bond motifs is 2. The second-order valence-electron chi connectivity index (χ2n) is 5.61. The van der Waals surface area contributed by atoms with Crippen molar-refractivity contribution in [2.24, 2.45) is 0 Å². The Bertz CT molecular complexity index is 298. The van der Waals surface area contributed by atoms with Gasteiger partial charge in [-0.15, -0.1) is 0 Å².